The molecular weight excluding hydrogens is 280 g/mol. The third-order valence-corrected chi connectivity index (χ3v) is 5.36. The predicted octanol–water partition coefficient (Wildman–Crippen LogP) is 1.73. The van der Waals surface area contributed by atoms with Gasteiger partial charge >= 0.3 is 0 Å². The average molecular weight is 311 g/mol. The van der Waals surface area contributed by atoms with Crippen molar-refractivity contribution in [3.05, 3.63) is 0 Å². The summed E-state index contributed by atoms with van der Waals surface area (Å²) in [6.07, 6.45) is 1.24. The first-order chi connectivity index (χ1) is 9.15. The zero-order valence-corrected chi connectivity index (χ0v) is 14.1. The van der Waals surface area contributed by atoms with Crippen molar-refractivity contribution in [1.82, 2.24) is 5.32 Å². The van der Waals surface area contributed by atoms with Crippen molar-refractivity contribution in [2.75, 3.05) is 38.2 Å². The average Bonchev–Trinajstić information content (AvgIpc) is 2.42. The second kappa shape index (κ2) is 13.5. The Labute approximate surface area is 126 Å². The molecule has 3 atom stereocenters. The molecule has 0 saturated heterocycles. The molecule has 0 aromatic heterocycles. The van der Waals surface area contributed by atoms with Gasteiger partial charge in [-0.15, -0.1) is 0 Å². The molecule has 4 nitrogen and oxygen atoms in total. The minimum Gasteiger partial charge on any atom is -0.390 e. The molecule has 0 aliphatic rings. The molecule has 2 unspecified atom stereocenters. The highest BCUT2D eigenvalue weighted by Crippen LogP contribution is 2.19. The van der Waals surface area contributed by atoms with Gasteiger partial charge in [-0.25, -0.2) is 0 Å². The van der Waals surface area contributed by atoms with Gasteiger partial charge in [-0.05, 0) is 25.3 Å². The third kappa shape index (κ3) is 10.9. The van der Waals surface area contributed by atoms with Gasteiger partial charge in [0.1, 0.15) is 0 Å². The van der Waals surface area contributed by atoms with Crippen molar-refractivity contribution in [2.45, 2.75) is 38.9 Å². The molecule has 4 N–H and O–H groups in total. The van der Waals surface area contributed by atoms with Crippen molar-refractivity contribution >= 4 is 21.6 Å². The molecule has 0 bridgehead atoms. The number of aliphatic hydroxyl groups is 1. The van der Waals surface area contributed by atoms with Gasteiger partial charge in [0.25, 0.3) is 0 Å². The first-order valence-corrected chi connectivity index (χ1v) is 9.50. The molecule has 19 heavy (non-hydrogen) atoms. The van der Waals surface area contributed by atoms with Crippen molar-refractivity contribution < 1.29 is 9.84 Å². The van der Waals surface area contributed by atoms with Gasteiger partial charge in [0.05, 0.1) is 12.2 Å². The highest BCUT2D eigenvalue weighted by Gasteiger charge is 2.19. The number of rotatable bonds is 13. The van der Waals surface area contributed by atoms with E-state index in [0.717, 1.165) is 44.0 Å². The van der Waals surface area contributed by atoms with Gasteiger partial charge in [0.15, 0.2) is 0 Å². The Hall–Kier alpha value is 0.540. The summed E-state index contributed by atoms with van der Waals surface area (Å²) < 4.78 is 5.35. The first-order valence-electron chi connectivity index (χ1n) is 7.01. The monoisotopic (exact) mass is 310 g/mol. The van der Waals surface area contributed by atoms with E-state index in [0.29, 0.717) is 5.92 Å². The van der Waals surface area contributed by atoms with Crippen molar-refractivity contribution in [3.63, 3.8) is 0 Å². The maximum atomic E-state index is 9.80. The van der Waals surface area contributed by atoms with Crippen LogP contribution in [0.1, 0.15) is 26.7 Å². The van der Waals surface area contributed by atoms with Gasteiger partial charge in [0, 0.05) is 31.7 Å². The van der Waals surface area contributed by atoms with Gasteiger partial charge in [-0.2, -0.15) is 0 Å². The minimum atomic E-state index is -0.351. The Morgan fingerprint density at radius 3 is 2.58 bits per heavy atom. The highest BCUT2D eigenvalue weighted by molar-refractivity contribution is 8.76. The summed E-state index contributed by atoms with van der Waals surface area (Å²) in [4.78, 5) is 0. The quantitative estimate of drug-likeness (QED) is 0.356. The molecular formula is C13H30N2O2S2. The summed E-state index contributed by atoms with van der Waals surface area (Å²) in [5.41, 5.74) is 5.42. The van der Waals surface area contributed by atoms with E-state index in [1.54, 1.807) is 7.11 Å². The number of hydrogen-bond acceptors (Lipinski definition) is 6. The molecule has 0 aromatic rings. The van der Waals surface area contributed by atoms with Crippen LogP contribution in [0.2, 0.25) is 0 Å². The van der Waals surface area contributed by atoms with Gasteiger partial charge in [-0.1, -0.05) is 35.4 Å². The van der Waals surface area contributed by atoms with E-state index < -0.39 is 0 Å². The van der Waals surface area contributed by atoms with Crippen LogP contribution in [0.4, 0.5) is 0 Å². The zero-order chi connectivity index (χ0) is 14.5. The fraction of sp³-hybridized carbons (Fsp3) is 1.00. The minimum absolute atomic E-state index is 0.0451. The SMILES string of the molecule is CCC(O)[C@H](CC(C)CNCCSSCCN)OC. The molecule has 0 fully saturated rings. The molecule has 0 rings (SSSR count). The molecule has 6 heteroatoms. The summed E-state index contributed by atoms with van der Waals surface area (Å²) in [5.74, 6) is 2.63. The smallest absolute Gasteiger partial charge is 0.0833 e. The van der Waals surface area contributed by atoms with E-state index in [2.05, 4.69) is 12.2 Å². The number of nitrogens with two attached hydrogens (primary N) is 1. The summed E-state index contributed by atoms with van der Waals surface area (Å²) in [6.45, 7) is 6.91. The number of nitrogens with one attached hydrogen (secondary N) is 1. The van der Waals surface area contributed by atoms with Crippen LogP contribution in [0, 0.1) is 5.92 Å². The fourth-order valence-corrected chi connectivity index (χ4v) is 3.59. The van der Waals surface area contributed by atoms with Crippen molar-refractivity contribution in [1.29, 1.82) is 0 Å². The van der Waals surface area contributed by atoms with Gasteiger partial charge < -0.3 is 20.9 Å². The molecule has 0 spiro atoms. The summed E-state index contributed by atoms with van der Waals surface area (Å²) in [5, 5.41) is 13.2. The lowest BCUT2D eigenvalue weighted by Crippen LogP contribution is -2.32. The van der Waals surface area contributed by atoms with Crippen LogP contribution < -0.4 is 11.1 Å². The topological polar surface area (TPSA) is 67.5 Å². The van der Waals surface area contributed by atoms with E-state index in [9.17, 15) is 5.11 Å². The Morgan fingerprint density at radius 1 is 1.32 bits per heavy atom. The zero-order valence-electron chi connectivity index (χ0n) is 12.4. The molecule has 0 amide bonds. The standard InChI is InChI=1S/C13H30N2O2S2/c1-4-12(16)13(17-3)9-11(2)10-15-6-8-19-18-7-5-14/h11-13,15-16H,4-10,14H2,1-3H3/t11?,12?,13-/m0/s1. The predicted molar refractivity (Wildman–Crippen MR) is 87.7 cm³/mol. The lowest BCUT2D eigenvalue weighted by Gasteiger charge is -2.24. The Morgan fingerprint density at radius 2 is 2.00 bits per heavy atom. The van der Waals surface area contributed by atoms with Crippen LogP contribution in [0.15, 0.2) is 0 Å². The number of ether oxygens (including phenoxy) is 1. The van der Waals surface area contributed by atoms with E-state index in [4.69, 9.17) is 10.5 Å². The van der Waals surface area contributed by atoms with Crippen LogP contribution in [-0.4, -0.2) is 55.6 Å². The lowest BCUT2D eigenvalue weighted by molar-refractivity contribution is -0.0248. The summed E-state index contributed by atoms with van der Waals surface area (Å²) >= 11 is 0. The second-order valence-electron chi connectivity index (χ2n) is 4.73. The Bertz CT molecular complexity index is 199. The summed E-state index contributed by atoms with van der Waals surface area (Å²) in [7, 11) is 5.37. The molecule has 0 aliphatic heterocycles. The lowest BCUT2D eigenvalue weighted by atomic mass is 9.98. The third-order valence-electron chi connectivity index (χ3n) is 2.92. The van der Waals surface area contributed by atoms with Gasteiger partial charge in [-0.3, -0.25) is 0 Å². The fourth-order valence-electron chi connectivity index (χ4n) is 1.78. The first kappa shape index (κ1) is 19.5. The van der Waals surface area contributed by atoms with Crippen LogP contribution >= 0.6 is 21.6 Å². The molecule has 0 heterocycles. The number of methoxy groups -OCH3 is 1. The van der Waals surface area contributed by atoms with E-state index in [1.165, 1.54) is 0 Å². The van der Waals surface area contributed by atoms with Crippen molar-refractivity contribution in [2.24, 2.45) is 11.7 Å². The molecule has 0 aliphatic carbocycles. The molecule has 0 radical (unpaired) electrons. The Balaban J connectivity index is 3.54. The van der Waals surface area contributed by atoms with E-state index in [-0.39, 0.29) is 12.2 Å². The largest absolute Gasteiger partial charge is 0.390 e. The van der Waals surface area contributed by atoms with Crippen LogP contribution in [-0.2, 0) is 4.74 Å². The van der Waals surface area contributed by atoms with Crippen LogP contribution in [0.25, 0.3) is 0 Å². The van der Waals surface area contributed by atoms with Crippen LogP contribution in [0.5, 0.6) is 0 Å². The van der Waals surface area contributed by atoms with Gasteiger partial charge in [0.2, 0.25) is 0 Å². The number of aliphatic hydroxyl groups excluding tert-OH is 1. The Kier molecular flexibility index (Phi) is 13.9. The maximum Gasteiger partial charge on any atom is 0.0833 e. The molecule has 0 aromatic carbocycles. The second-order valence-corrected chi connectivity index (χ2v) is 7.43. The van der Waals surface area contributed by atoms with E-state index >= 15 is 0 Å². The molecule has 116 valence electrons. The van der Waals surface area contributed by atoms with E-state index in [1.807, 2.05) is 28.5 Å². The maximum absolute atomic E-state index is 9.80. The van der Waals surface area contributed by atoms with Crippen molar-refractivity contribution in [3.8, 4) is 0 Å². The summed E-state index contributed by atoms with van der Waals surface area (Å²) in [6, 6.07) is 0. The molecule has 0 saturated carbocycles. The highest BCUT2D eigenvalue weighted by atomic mass is 33.1. The normalized spacial score (nSPS) is 16.3. The van der Waals surface area contributed by atoms with Crippen LogP contribution in [0.3, 0.4) is 0 Å². The number of hydrogen-bond donors (Lipinski definition) is 3.